The summed E-state index contributed by atoms with van der Waals surface area (Å²) in [7, 11) is -2.29. The van der Waals surface area contributed by atoms with Crippen LogP contribution in [0.2, 0.25) is 0 Å². The molecule has 8 aromatic rings. The number of fused-ring (bicyclic) bond motifs is 2. The van der Waals surface area contributed by atoms with E-state index >= 15 is 0 Å². The van der Waals surface area contributed by atoms with E-state index in [1.807, 2.05) is 49.7 Å². The fourth-order valence-corrected chi connectivity index (χ4v) is 10.6. The molecule has 2 aliphatic rings. The number of benzene rings is 7. The van der Waals surface area contributed by atoms with Gasteiger partial charge in [0.15, 0.2) is 17.5 Å². The van der Waals surface area contributed by atoms with Gasteiger partial charge in [-0.15, -0.1) is 0 Å². The monoisotopic (exact) mass is 783 g/mol. The molecule has 4 nitrogen and oxygen atoms in total. The van der Waals surface area contributed by atoms with Crippen molar-refractivity contribution in [2.45, 2.75) is 31.1 Å². The minimum atomic E-state index is -2.29. The standard InChI is InChI=1S/C54H46N3OP/c1-59(2,58)50-33-26-43(27-34-50)42-22-29-47(30-23-42)54(36-37-13-28-49(54)35-37)48-31-24-46(25-32-48)53-56-51(44-11-7-4-8-12-44)55-52(57-53)45-20-18-41(19-21-45)40-16-14-39(15-17-40)38-9-5-3-6-10-38/h3-12,14-27,29-34,37,49H,13,28,35-36H2,1-2H3. The molecule has 2 bridgehead atoms. The van der Waals surface area contributed by atoms with E-state index in [9.17, 15) is 4.57 Å². The van der Waals surface area contributed by atoms with E-state index in [4.69, 9.17) is 15.0 Å². The van der Waals surface area contributed by atoms with Crippen molar-refractivity contribution in [3.05, 3.63) is 193 Å². The van der Waals surface area contributed by atoms with Crippen LogP contribution in [-0.4, -0.2) is 28.3 Å². The molecule has 0 radical (unpaired) electrons. The number of aromatic nitrogens is 3. The first kappa shape index (κ1) is 37.1. The predicted octanol–water partition coefficient (Wildman–Crippen LogP) is 13.2. The summed E-state index contributed by atoms with van der Waals surface area (Å²) >= 11 is 0. The highest BCUT2D eigenvalue weighted by Gasteiger charge is 2.52. The average Bonchev–Trinajstić information content (AvgIpc) is 3.93. The van der Waals surface area contributed by atoms with Crippen molar-refractivity contribution in [3.63, 3.8) is 0 Å². The SMILES string of the molecule is CP(C)(=O)c1ccc(-c2ccc(C3(c4ccc(-c5nc(-c6ccccc6)nc(-c6ccc(-c7ccc(-c8ccccc8)cc7)cc6)n5)cc4)CC4CCC3C4)cc2)cc1. The Morgan fingerprint density at radius 2 is 0.763 bits per heavy atom. The number of hydrogen-bond donors (Lipinski definition) is 0. The highest BCUT2D eigenvalue weighted by Crippen LogP contribution is 2.60. The predicted molar refractivity (Wildman–Crippen MR) is 244 cm³/mol. The first-order valence-electron chi connectivity index (χ1n) is 20.8. The smallest absolute Gasteiger partial charge is 0.164 e. The lowest BCUT2D eigenvalue weighted by atomic mass is 9.64. The van der Waals surface area contributed by atoms with Gasteiger partial charge in [0, 0.05) is 27.4 Å². The van der Waals surface area contributed by atoms with Crippen molar-refractivity contribution in [2.24, 2.45) is 11.8 Å². The molecule has 0 amide bonds. The molecular formula is C54H46N3OP. The molecule has 3 atom stereocenters. The highest BCUT2D eigenvalue weighted by atomic mass is 31.2. The summed E-state index contributed by atoms with van der Waals surface area (Å²) in [5.74, 6) is 3.35. The topological polar surface area (TPSA) is 55.7 Å². The molecular weight excluding hydrogens is 738 g/mol. The van der Waals surface area contributed by atoms with Gasteiger partial charge in [0.25, 0.3) is 0 Å². The van der Waals surface area contributed by atoms with E-state index in [2.05, 4.69) is 146 Å². The fourth-order valence-electron chi connectivity index (χ4n) is 9.74. The number of nitrogens with zero attached hydrogens (tertiary/aromatic N) is 3. The second kappa shape index (κ2) is 15.2. The summed E-state index contributed by atoms with van der Waals surface area (Å²) in [6, 6.07) is 64.6. The first-order chi connectivity index (χ1) is 28.8. The maximum absolute atomic E-state index is 12.6. The molecule has 3 unspecified atom stereocenters. The third kappa shape index (κ3) is 7.17. The third-order valence-corrected chi connectivity index (χ3v) is 14.4. The van der Waals surface area contributed by atoms with Crippen molar-refractivity contribution < 1.29 is 4.57 Å². The summed E-state index contributed by atoms with van der Waals surface area (Å²) in [5, 5.41) is 0.919. The van der Waals surface area contributed by atoms with Gasteiger partial charge in [-0.25, -0.2) is 15.0 Å². The van der Waals surface area contributed by atoms with Gasteiger partial charge >= 0.3 is 0 Å². The molecule has 5 heteroatoms. The number of rotatable bonds is 9. The van der Waals surface area contributed by atoms with Crippen LogP contribution in [0.3, 0.4) is 0 Å². The van der Waals surface area contributed by atoms with E-state index < -0.39 is 7.14 Å². The molecule has 0 spiro atoms. The van der Waals surface area contributed by atoms with Gasteiger partial charge in [-0.1, -0.05) is 188 Å². The van der Waals surface area contributed by atoms with Crippen LogP contribution in [0.25, 0.3) is 67.5 Å². The van der Waals surface area contributed by atoms with Crippen LogP contribution in [-0.2, 0) is 9.98 Å². The maximum Gasteiger partial charge on any atom is 0.164 e. The molecule has 10 rings (SSSR count). The quantitative estimate of drug-likeness (QED) is 0.137. The zero-order valence-electron chi connectivity index (χ0n) is 33.5. The third-order valence-electron chi connectivity index (χ3n) is 12.9. The Labute approximate surface area is 347 Å². The Bertz CT molecular complexity index is 2780. The summed E-state index contributed by atoms with van der Waals surface area (Å²) in [6.07, 6.45) is 5.05. The van der Waals surface area contributed by atoms with Crippen molar-refractivity contribution in [3.8, 4) is 67.5 Å². The van der Waals surface area contributed by atoms with Crippen LogP contribution in [0.4, 0.5) is 0 Å². The van der Waals surface area contributed by atoms with E-state index in [1.165, 1.54) is 59.1 Å². The second-order valence-electron chi connectivity index (χ2n) is 16.8. The zero-order chi connectivity index (χ0) is 40.0. The lowest BCUT2D eigenvalue weighted by Gasteiger charge is -2.39. The molecule has 0 aliphatic heterocycles. The number of hydrogen-bond acceptors (Lipinski definition) is 4. The van der Waals surface area contributed by atoms with Crippen LogP contribution < -0.4 is 5.30 Å². The molecule has 1 aromatic heterocycles. The lowest BCUT2D eigenvalue weighted by molar-refractivity contribution is 0.320. The summed E-state index contributed by atoms with van der Waals surface area (Å²) in [4.78, 5) is 15.2. The van der Waals surface area contributed by atoms with Crippen LogP contribution in [0, 0.1) is 11.8 Å². The van der Waals surface area contributed by atoms with Crippen molar-refractivity contribution >= 4 is 12.4 Å². The average molecular weight is 784 g/mol. The molecule has 2 saturated carbocycles. The van der Waals surface area contributed by atoms with E-state index in [-0.39, 0.29) is 5.41 Å². The molecule has 7 aromatic carbocycles. The Balaban J connectivity index is 0.963. The Hall–Kier alpha value is -6.22. The minimum absolute atomic E-state index is 0.0238. The Morgan fingerprint density at radius 1 is 0.424 bits per heavy atom. The summed E-state index contributed by atoms with van der Waals surface area (Å²) < 4.78 is 12.6. The van der Waals surface area contributed by atoms with Crippen molar-refractivity contribution in [1.82, 2.24) is 15.0 Å². The van der Waals surface area contributed by atoms with E-state index in [1.54, 1.807) is 0 Å². The van der Waals surface area contributed by atoms with Gasteiger partial charge in [-0.05, 0) is 88.9 Å². The van der Waals surface area contributed by atoms with E-state index in [0.29, 0.717) is 23.4 Å². The van der Waals surface area contributed by atoms with Crippen LogP contribution in [0.1, 0.15) is 36.8 Å². The summed E-state index contributed by atoms with van der Waals surface area (Å²) in [5.41, 5.74) is 12.7. The van der Waals surface area contributed by atoms with Crippen LogP contribution >= 0.6 is 7.14 Å². The van der Waals surface area contributed by atoms with Gasteiger partial charge in [0.1, 0.15) is 7.14 Å². The van der Waals surface area contributed by atoms with Gasteiger partial charge in [-0.2, -0.15) is 0 Å². The molecule has 2 aliphatic carbocycles. The van der Waals surface area contributed by atoms with Crippen molar-refractivity contribution in [2.75, 3.05) is 13.3 Å². The van der Waals surface area contributed by atoms with Gasteiger partial charge in [-0.3, -0.25) is 0 Å². The molecule has 0 saturated heterocycles. The Morgan fingerprint density at radius 3 is 1.15 bits per heavy atom. The molecule has 0 N–H and O–H groups in total. The molecule has 288 valence electrons. The first-order valence-corrected chi connectivity index (χ1v) is 23.4. The molecule has 2 fully saturated rings. The van der Waals surface area contributed by atoms with Gasteiger partial charge in [0.05, 0.1) is 0 Å². The van der Waals surface area contributed by atoms with Gasteiger partial charge in [0.2, 0.25) is 0 Å². The molecule has 1 heterocycles. The van der Waals surface area contributed by atoms with E-state index in [0.717, 1.165) is 39.0 Å². The minimum Gasteiger partial charge on any atom is -0.319 e. The largest absolute Gasteiger partial charge is 0.319 e. The van der Waals surface area contributed by atoms with Gasteiger partial charge < -0.3 is 4.57 Å². The lowest BCUT2D eigenvalue weighted by Crippen LogP contribution is -2.34. The zero-order valence-corrected chi connectivity index (χ0v) is 34.4. The second-order valence-corrected chi connectivity index (χ2v) is 20.0. The van der Waals surface area contributed by atoms with Crippen LogP contribution in [0.5, 0.6) is 0 Å². The van der Waals surface area contributed by atoms with Crippen LogP contribution in [0.15, 0.2) is 182 Å². The fraction of sp³-hybridized carbons (Fsp3) is 0.167. The summed E-state index contributed by atoms with van der Waals surface area (Å²) in [6.45, 7) is 3.66. The molecule has 59 heavy (non-hydrogen) atoms. The van der Waals surface area contributed by atoms with Crippen molar-refractivity contribution in [1.29, 1.82) is 0 Å². The maximum atomic E-state index is 12.6. The Kier molecular flexibility index (Phi) is 9.54. The normalized spacial score (nSPS) is 18.5. The highest BCUT2D eigenvalue weighted by molar-refractivity contribution is 7.70.